The van der Waals surface area contributed by atoms with Gasteiger partial charge in [0.2, 0.25) is 11.9 Å². The van der Waals surface area contributed by atoms with E-state index in [1.807, 2.05) is 6.92 Å². The average Bonchev–Trinajstić information content (AvgIpc) is 3.22. The van der Waals surface area contributed by atoms with E-state index in [1.165, 1.54) is 0 Å². The average molecular weight is 406 g/mol. The summed E-state index contributed by atoms with van der Waals surface area (Å²) in [6.45, 7) is 3.09. The molecule has 0 saturated carbocycles. The Labute approximate surface area is 165 Å². The normalized spacial score (nSPS) is 12.9. The van der Waals surface area contributed by atoms with Crippen molar-refractivity contribution in [1.82, 2.24) is 19.9 Å². The van der Waals surface area contributed by atoms with E-state index in [0.29, 0.717) is 57.7 Å². The van der Waals surface area contributed by atoms with Gasteiger partial charge in [0, 0.05) is 30.3 Å². The maximum atomic E-state index is 12.1. The number of amides is 1. The highest BCUT2D eigenvalue weighted by molar-refractivity contribution is 6.37. The first-order chi connectivity index (χ1) is 13.0. The van der Waals surface area contributed by atoms with E-state index >= 15 is 0 Å². The maximum Gasteiger partial charge on any atom is 0.239 e. The van der Waals surface area contributed by atoms with Crippen molar-refractivity contribution in [2.75, 3.05) is 18.9 Å². The van der Waals surface area contributed by atoms with E-state index in [-0.39, 0.29) is 18.4 Å². The Morgan fingerprint density at radius 3 is 2.96 bits per heavy atom. The summed E-state index contributed by atoms with van der Waals surface area (Å²) in [6, 6.07) is 3.44. The van der Waals surface area contributed by atoms with Crippen molar-refractivity contribution < 1.29 is 9.53 Å². The van der Waals surface area contributed by atoms with Crippen LogP contribution in [-0.2, 0) is 17.8 Å². The molecule has 0 radical (unpaired) electrons. The molecule has 0 saturated heterocycles. The standard InChI is InChI=1S/C18H17Cl2N5O2/c1-2-22-13(26)8-25-5-3-12-16(25)15(24-18(21)23-12)14-9-4-6-27-17(9)11(20)7-10(14)19/h3,5,7H,2,4,6,8H2,1H3,(H,22,26)(H2,21,23,24). The number of nitrogens with zero attached hydrogens (tertiary/aromatic N) is 3. The molecule has 2 aromatic heterocycles. The maximum absolute atomic E-state index is 12.1. The number of carbonyl (C=O) groups is 1. The number of carbonyl (C=O) groups excluding carboxylic acids is 1. The quantitative estimate of drug-likeness (QED) is 0.695. The highest BCUT2D eigenvalue weighted by Gasteiger charge is 2.26. The molecule has 140 valence electrons. The van der Waals surface area contributed by atoms with Crippen LogP contribution < -0.4 is 15.8 Å². The third-order valence-corrected chi connectivity index (χ3v) is 5.01. The molecule has 0 aliphatic carbocycles. The molecule has 3 heterocycles. The number of hydrogen-bond donors (Lipinski definition) is 2. The van der Waals surface area contributed by atoms with Crippen molar-refractivity contribution in [3.05, 3.63) is 33.9 Å². The van der Waals surface area contributed by atoms with Crippen LogP contribution in [0.4, 0.5) is 5.95 Å². The topological polar surface area (TPSA) is 95.1 Å². The van der Waals surface area contributed by atoms with Crippen LogP contribution in [0.3, 0.4) is 0 Å². The van der Waals surface area contributed by atoms with Crippen LogP contribution in [0, 0.1) is 0 Å². The molecule has 3 aromatic rings. The zero-order valence-electron chi connectivity index (χ0n) is 14.6. The van der Waals surface area contributed by atoms with Gasteiger partial charge < -0.3 is 20.4 Å². The van der Waals surface area contributed by atoms with Crippen molar-refractivity contribution in [3.8, 4) is 17.0 Å². The Morgan fingerprint density at radius 2 is 2.19 bits per heavy atom. The Balaban J connectivity index is 1.96. The molecule has 1 amide bonds. The lowest BCUT2D eigenvalue weighted by molar-refractivity contribution is -0.121. The molecule has 9 heteroatoms. The molecule has 27 heavy (non-hydrogen) atoms. The third-order valence-electron chi connectivity index (χ3n) is 4.44. The Bertz CT molecular complexity index is 1060. The predicted octanol–water partition coefficient (Wildman–Crippen LogP) is 3.06. The molecule has 0 spiro atoms. The van der Waals surface area contributed by atoms with E-state index in [0.717, 1.165) is 5.56 Å². The zero-order valence-corrected chi connectivity index (χ0v) is 16.1. The van der Waals surface area contributed by atoms with Gasteiger partial charge in [0.15, 0.2) is 0 Å². The SMILES string of the molecule is CCNC(=O)Cn1ccc2nc(N)nc(-c3c(Cl)cc(Cl)c4c3CCO4)c21. The van der Waals surface area contributed by atoms with Crippen LogP contribution in [-0.4, -0.2) is 33.6 Å². The van der Waals surface area contributed by atoms with Gasteiger partial charge in [0.1, 0.15) is 18.0 Å². The van der Waals surface area contributed by atoms with Gasteiger partial charge in [-0.1, -0.05) is 23.2 Å². The molecule has 0 atom stereocenters. The molecule has 0 bridgehead atoms. The highest BCUT2D eigenvalue weighted by Crippen LogP contribution is 2.45. The molecule has 3 N–H and O–H groups in total. The molecule has 1 aliphatic rings. The minimum atomic E-state index is -0.103. The van der Waals surface area contributed by atoms with Crippen LogP contribution in [0.25, 0.3) is 22.3 Å². The number of nitrogens with one attached hydrogen (secondary N) is 1. The summed E-state index contributed by atoms with van der Waals surface area (Å²) in [7, 11) is 0. The van der Waals surface area contributed by atoms with Gasteiger partial charge in [0.25, 0.3) is 0 Å². The number of rotatable bonds is 4. The van der Waals surface area contributed by atoms with Gasteiger partial charge in [-0.3, -0.25) is 4.79 Å². The number of nitrogen functional groups attached to an aromatic ring is 1. The second-order valence-corrected chi connectivity index (χ2v) is 7.00. The Morgan fingerprint density at radius 1 is 1.37 bits per heavy atom. The Hall–Kier alpha value is -2.51. The lowest BCUT2D eigenvalue weighted by Gasteiger charge is -2.14. The summed E-state index contributed by atoms with van der Waals surface area (Å²) < 4.78 is 7.45. The van der Waals surface area contributed by atoms with Gasteiger partial charge in [0.05, 0.1) is 27.7 Å². The number of aromatic nitrogens is 3. The summed E-state index contributed by atoms with van der Waals surface area (Å²) in [4.78, 5) is 20.9. The summed E-state index contributed by atoms with van der Waals surface area (Å²) in [5.74, 6) is 0.642. The molecule has 7 nitrogen and oxygen atoms in total. The van der Waals surface area contributed by atoms with Crippen molar-refractivity contribution in [2.24, 2.45) is 0 Å². The molecule has 1 aromatic carbocycles. The van der Waals surface area contributed by atoms with Gasteiger partial charge in [-0.2, -0.15) is 0 Å². The predicted molar refractivity (Wildman–Crippen MR) is 105 cm³/mol. The number of ether oxygens (including phenoxy) is 1. The zero-order chi connectivity index (χ0) is 19.1. The van der Waals surface area contributed by atoms with Crippen LogP contribution in [0.5, 0.6) is 5.75 Å². The van der Waals surface area contributed by atoms with Crippen LogP contribution >= 0.6 is 23.2 Å². The molecule has 0 unspecified atom stereocenters. The number of nitrogens with two attached hydrogens (primary N) is 1. The van der Waals surface area contributed by atoms with E-state index in [1.54, 1.807) is 22.9 Å². The molecular weight excluding hydrogens is 389 g/mol. The first-order valence-corrected chi connectivity index (χ1v) is 9.28. The largest absolute Gasteiger partial charge is 0.491 e. The van der Waals surface area contributed by atoms with E-state index in [2.05, 4.69) is 15.3 Å². The smallest absolute Gasteiger partial charge is 0.239 e. The number of hydrogen-bond acceptors (Lipinski definition) is 5. The number of anilines is 1. The van der Waals surface area contributed by atoms with Crippen LogP contribution in [0.15, 0.2) is 18.3 Å². The van der Waals surface area contributed by atoms with Gasteiger partial charge in [-0.05, 0) is 19.1 Å². The summed E-state index contributed by atoms with van der Waals surface area (Å²) in [5, 5.41) is 3.71. The third kappa shape index (κ3) is 3.07. The number of fused-ring (bicyclic) bond motifs is 2. The van der Waals surface area contributed by atoms with Gasteiger partial charge in [-0.15, -0.1) is 0 Å². The first-order valence-electron chi connectivity index (χ1n) is 8.52. The molecule has 1 aliphatic heterocycles. The second-order valence-electron chi connectivity index (χ2n) is 6.18. The summed E-state index contributed by atoms with van der Waals surface area (Å²) in [5.41, 5.74) is 9.43. The first kappa shape index (κ1) is 17.9. The van der Waals surface area contributed by atoms with Crippen molar-refractivity contribution in [3.63, 3.8) is 0 Å². The van der Waals surface area contributed by atoms with Crippen molar-refractivity contribution in [1.29, 1.82) is 0 Å². The van der Waals surface area contributed by atoms with E-state index in [9.17, 15) is 4.79 Å². The van der Waals surface area contributed by atoms with Gasteiger partial charge in [-0.25, -0.2) is 9.97 Å². The minimum absolute atomic E-state index is 0.103. The summed E-state index contributed by atoms with van der Waals surface area (Å²) in [6.07, 6.45) is 2.45. The monoisotopic (exact) mass is 405 g/mol. The fraction of sp³-hybridized carbons (Fsp3) is 0.278. The van der Waals surface area contributed by atoms with Crippen LogP contribution in [0.2, 0.25) is 10.0 Å². The van der Waals surface area contributed by atoms with Gasteiger partial charge >= 0.3 is 0 Å². The Kier molecular flexibility index (Phi) is 4.57. The number of likely N-dealkylation sites (N-methyl/N-ethyl adjacent to an activating group) is 1. The van der Waals surface area contributed by atoms with E-state index < -0.39 is 0 Å². The highest BCUT2D eigenvalue weighted by atomic mass is 35.5. The fourth-order valence-electron chi connectivity index (χ4n) is 3.40. The minimum Gasteiger partial charge on any atom is -0.491 e. The van der Waals surface area contributed by atoms with Crippen molar-refractivity contribution in [2.45, 2.75) is 19.9 Å². The van der Waals surface area contributed by atoms with Crippen molar-refractivity contribution >= 4 is 46.1 Å². The number of halogens is 2. The molecule has 0 fully saturated rings. The lowest BCUT2D eigenvalue weighted by Crippen LogP contribution is -2.26. The van der Waals surface area contributed by atoms with E-state index in [4.69, 9.17) is 33.7 Å². The second kappa shape index (κ2) is 6.90. The molecule has 4 rings (SSSR count). The fourth-order valence-corrected chi connectivity index (χ4v) is 4.04. The summed E-state index contributed by atoms with van der Waals surface area (Å²) >= 11 is 12.8. The number of benzene rings is 1. The molecular formula is C18H17Cl2N5O2. The van der Waals surface area contributed by atoms with Crippen LogP contribution in [0.1, 0.15) is 12.5 Å². The lowest BCUT2D eigenvalue weighted by atomic mass is 10.0.